The fourth-order valence-corrected chi connectivity index (χ4v) is 4.84. The summed E-state index contributed by atoms with van der Waals surface area (Å²) in [5.41, 5.74) is 0.0348. The zero-order valence-electron chi connectivity index (χ0n) is 20.6. The lowest BCUT2D eigenvalue weighted by molar-refractivity contribution is -0.192. The number of carbonyl (C=O) groups excluding carboxylic acids is 1. The lowest BCUT2D eigenvalue weighted by Gasteiger charge is -2.53. The van der Waals surface area contributed by atoms with Gasteiger partial charge in [-0.1, -0.05) is 0 Å². The second-order valence-corrected chi connectivity index (χ2v) is 10.2. The monoisotopic (exact) mass is 493 g/mol. The first-order valence-electron chi connectivity index (χ1n) is 11.4. The summed E-state index contributed by atoms with van der Waals surface area (Å²) in [7, 11) is 2.09. The van der Waals surface area contributed by atoms with Crippen LogP contribution < -0.4 is 20.3 Å². The molecule has 0 saturated carbocycles. The fraction of sp³-hybridized carbons (Fsp3) is 0.565. The molecular weight excluding hydrogens is 463 g/mol. The van der Waals surface area contributed by atoms with Crippen LogP contribution in [0.25, 0.3) is 0 Å². The Morgan fingerprint density at radius 1 is 1.14 bits per heavy atom. The molecule has 0 bridgehead atoms. The first-order valence-corrected chi connectivity index (χ1v) is 11.4. The SMILES string of the molecule is CCN1C(=O)C(F)(F)Oc2cc(Nc3ncc(F)c(NC4CC(C)(C)N(C)C(C)(C)C4)n3)cnc21. The molecule has 2 aliphatic rings. The van der Waals surface area contributed by atoms with Crippen molar-refractivity contribution < 1.29 is 22.7 Å². The number of rotatable bonds is 5. The number of anilines is 4. The topological polar surface area (TPSA) is 95.5 Å². The average molecular weight is 494 g/mol. The molecule has 2 N–H and O–H groups in total. The Labute approximate surface area is 202 Å². The van der Waals surface area contributed by atoms with E-state index in [1.807, 2.05) is 0 Å². The minimum atomic E-state index is -4.00. The summed E-state index contributed by atoms with van der Waals surface area (Å²) >= 11 is 0. The third-order valence-electron chi connectivity index (χ3n) is 6.79. The first kappa shape index (κ1) is 25.0. The van der Waals surface area contributed by atoms with E-state index in [1.54, 1.807) is 6.92 Å². The summed E-state index contributed by atoms with van der Waals surface area (Å²) in [5, 5.41) is 6.05. The molecule has 1 fully saturated rings. The normalized spacial score (nSPS) is 21.3. The number of pyridine rings is 1. The predicted octanol–water partition coefficient (Wildman–Crippen LogP) is 4.16. The molecule has 9 nitrogen and oxygen atoms in total. The largest absolute Gasteiger partial charge is 0.483 e. The van der Waals surface area contributed by atoms with Crippen molar-refractivity contribution in [1.29, 1.82) is 0 Å². The summed E-state index contributed by atoms with van der Waals surface area (Å²) < 4.78 is 47.1. The van der Waals surface area contributed by atoms with E-state index in [9.17, 15) is 18.0 Å². The van der Waals surface area contributed by atoms with E-state index < -0.39 is 17.8 Å². The minimum absolute atomic E-state index is 0.00519. The highest BCUT2D eigenvalue weighted by Gasteiger charge is 2.50. The number of nitrogens with one attached hydrogen (secondary N) is 2. The number of aromatic nitrogens is 3. The highest BCUT2D eigenvalue weighted by molar-refractivity contribution is 6.00. The molecule has 35 heavy (non-hydrogen) atoms. The maximum absolute atomic E-state index is 14.6. The second-order valence-electron chi connectivity index (χ2n) is 10.2. The number of hydrogen-bond acceptors (Lipinski definition) is 8. The van der Waals surface area contributed by atoms with Gasteiger partial charge in [0, 0.05) is 29.7 Å². The summed E-state index contributed by atoms with van der Waals surface area (Å²) in [4.78, 5) is 27.4. The minimum Gasteiger partial charge on any atom is -0.421 e. The van der Waals surface area contributed by atoms with Crippen molar-refractivity contribution in [2.24, 2.45) is 0 Å². The maximum atomic E-state index is 14.6. The van der Waals surface area contributed by atoms with Gasteiger partial charge in [0.25, 0.3) is 0 Å². The van der Waals surface area contributed by atoms with E-state index in [4.69, 9.17) is 0 Å². The van der Waals surface area contributed by atoms with Gasteiger partial charge in [0.05, 0.1) is 18.1 Å². The molecule has 0 unspecified atom stereocenters. The number of amides is 1. The Kier molecular flexibility index (Phi) is 6.06. The van der Waals surface area contributed by atoms with Crippen molar-refractivity contribution >= 4 is 29.2 Å². The number of ether oxygens (including phenoxy) is 1. The van der Waals surface area contributed by atoms with Gasteiger partial charge in [-0.15, -0.1) is 0 Å². The number of fused-ring (bicyclic) bond motifs is 1. The molecule has 0 aromatic carbocycles. The van der Waals surface area contributed by atoms with E-state index >= 15 is 0 Å². The van der Waals surface area contributed by atoms with Crippen LogP contribution in [0.3, 0.4) is 0 Å². The van der Waals surface area contributed by atoms with E-state index in [0.717, 1.165) is 23.9 Å². The molecule has 4 rings (SSSR count). The van der Waals surface area contributed by atoms with E-state index in [-0.39, 0.29) is 52.7 Å². The zero-order valence-corrected chi connectivity index (χ0v) is 20.6. The summed E-state index contributed by atoms with van der Waals surface area (Å²) in [6.07, 6.45) is -0.0547. The Balaban J connectivity index is 1.55. The van der Waals surface area contributed by atoms with E-state index in [2.05, 4.69) is 70.0 Å². The molecule has 2 aromatic rings. The van der Waals surface area contributed by atoms with Crippen LogP contribution in [0.2, 0.25) is 0 Å². The van der Waals surface area contributed by atoms with Gasteiger partial charge < -0.3 is 15.4 Å². The molecule has 1 amide bonds. The number of alkyl halides is 2. The molecule has 0 atom stereocenters. The predicted molar refractivity (Wildman–Crippen MR) is 126 cm³/mol. The van der Waals surface area contributed by atoms with Crippen molar-refractivity contribution in [1.82, 2.24) is 19.9 Å². The number of likely N-dealkylation sites (tertiary alicyclic amines) is 1. The summed E-state index contributed by atoms with van der Waals surface area (Å²) in [5.74, 6) is -2.26. The van der Waals surface area contributed by atoms with Gasteiger partial charge >= 0.3 is 12.0 Å². The van der Waals surface area contributed by atoms with Crippen LogP contribution in [0.15, 0.2) is 18.5 Å². The fourth-order valence-electron chi connectivity index (χ4n) is 4.84. The standard InChI is InChI=1S/C23H30F3N7O2/c1-7-33-18-16(35-23(25,26)19(33)34)8-13(11-27-18)30-20-28-12-15(24)17(31-20)29-14-9-21(2,3)32(6)22(4,5)10-14/h8,11-12,14H,7,9-10H2,1-6H3,(H2,28,29,30,31). The highest BCUT2D eigenvalue weighted by atomic mass is 19.3. The third-order valence-corrected chi connectivity index (χ3v) is 6.79. The molecule has 1 saturated heterocycles. The number of piperidine rings is 1. The van der Waals surface area contributed by atoms with Crippen LogP contribution in [0.4, 0.5) is 36.4 Å². The van der Waals surface area contributed by atoms with Crippen LogP contribution in [0.5, 0.6) is 5.75 Å². The smallest absolute Gasteiger partial charge is 0.421 e. The Hall–Kier alpha value is -3.15. The zero-order chi connectivity index (χ0) is 25.8. The molecule has 0 radical (unpaired) electrons. The van der Waals surface area contributed by atoms with Gasteiger partial charge in [-0.2, -0.15) is 13.8 Å². The van der Waals surface area contributed by atoms with Crippen molar-refractivity contribution in [2.75, 3.05) is 29.1 Å². The van der Waals surface area contributed by atoms with Crippen LogP contribution in [0, 0.1) is 5.82 Å². The van der Waals surface area contributed by atoms with E-state index in [1.165, 1.54) is 12.3 Å². The molecule has 2 aliphatic heterocycles. The molecular formula is C23H30F3N7O2. The van der Waals surface area contributed by atoms with Gasteiger partial charge in [0.15, 0.2) is 23.2 Å². The van der Waals surface area contributed by atoms with Crippen molar-refractivity contribution in [2.45, 2.75) is 70.7 Å². The van der Waals surface area contributed by atoms with Gasteiger partial charge in [0.2, 0.25) is 5.95 Å². The van der Waals surface area contributed by atoms with Crippen LogP contribution >= 0.6 is 0 Å². The van der Waals surface area contributed by atoms with Crippen molar-refractivity contribution in [3.63, 3.8) is 0 Å². The quantitative estimate of drug-likeness (QED) is 0.641. The Morgan fingerprint density at radius 3 is 2.43 bits per heavy atom. The van der Waals surface area contributed by atoms with Gasteiger partial charge in [0.1, 0.15) is 0 Å². The molecule has 190 valence electrons. The molecule has 12 heteroatoms. The number of hydrogen-bond donors (Lipinski definition) is 2. The molecule has 0 aliphatic carbocycles. The summed E-state index contributed by atoms with van der Waals surface area (Å²) in [6.45, 7) is 10.2. The number of halogens is 3. The van der Waals surface area contributed by atoms with Crippen LogP contribution in [-0.4, -0.2) is 62.6 Å². The van der Waals surface area contributed by atoms with Crippen LogP contribution in [0.1, 0.15) is 47.5 Å². The second kappa shape index (κ2) is 8.51. The maximum Gasteiger partial charge on any atom is 0.483 e. The van der Waals surface area contributed by atoms with Gasteiger partial charge in [-0.25, -0.2) is 14.4 Å². The summed E-state index contributed by atoms with van der Waals surface area (Å²) in [6, 6.07) is 1.25. The third kappa shape index (κ3) is 4.71. The molecule has 2 aromatic heterocycles. The Bertz CT molecular complexity index is 1120. The molecule has 4 heterocycles. The molecule has 0 spiro atoms. The first-order chi connectivity index (χ1) is 16.2. The van der Waals surface area contributed by atoms with Gasteiger partial charge in [-0.05, 0) is 54.5 Å². The number of likely N-dealkylation sites (N-methyl/N-ethyl adjacent to an activating group) is 1. The number of nitrogens with zero attached hydrogens (tertiary/aromatic N) is 5. The van der Waals surface area contributed by atoms with Crippen molar-refractivity contribution in [3.8, 4) is 5.75 Å². The average Bonchev–Trinajstić information content (AvgIpc) is 2.75. The number of carbonyl (C=O) groups is 1. The van der Waals surface area contributed by atoms with Gasteiger partial charge in [-0.3, -0.25) is 14.6 Å². The lowest BCUT2D eigenvalue weighted by atomic mass is 9.77. The van der Waals surface area contributed by atoms with Crippen LogP contribution in [-0.2, 0) is 4.79 Å². The lowest BCUT2D eigenvalue weighted by Crippen LogP contribution is -2.61. The Morgan fingerprint density at radius 2 is 1.80 bits per heavy atom. The van der Waals surface area contributed by atoms with E-state index in [0.29, 0.717) is 0 Å². The highest BCUT2D eigenvalue weighted by Crippen LogP contribution is 2.40. The van der Waals surface area contributed by atoms with Crippen molar-refractivity contribution in [3.05, 3.63) is 24.3 Å².